The summed E-state index contributed by atoms with van der Waals surface area (Å²) in [6.07, 6.45) is 0.368. The number of esters is 2. The summed E-state index contributed by atoms with van der Waals surface area (Å²) in [5, 5.41) is 7.48. The van der Waals surface area contributed by atoms with Gasteiger partial charge in [0, 0.05) is 19.6 Å². The van der Waals surface area contributed by atoms with Crippen molar-refractivity contribution in [2.45, 2.75) is 37.3 Å². The maximum absolute atomic E-state index is 11.9. The zero-order chi connectivity index (χ0) is 16.2. The standard InChI is InChI=1S/C14H13ClN2O6/c1-20-5-6-4-8(17-23-6)9-10(15)11-7-2-3-14(9,16-7)22-13(19)12(18)21-11/h4,7,11,16H,2-3,5H2,1H3. The van der Waals surface area contributed by atoms with Gasteiger partial charge < -0.3 is 18.7 Å². The van der Waals surface area contributed by atoms with Crippen LogP contribution in [0, 0.1) is 0 Å². The van der Waals surface area contributed by atoms with Crippen molar-refractivity contribution in [1.29, 1.82) is 0 Å². The van der Waals surface area contributed by atoms with E-state index in [9.17, 15) is 9.59 Å². The van der Waals surface area contributed by atoms with Gasteiger partial charge in [-0.05, 0) is 6.42 Å². The van der Waals surface area contributed by atoms with Gasteiger partial charge in [0.15, 0.2) is 17.6 Å². The lowest BCUT2D eigenvalue weighted by molar-refractivity contribution is -0.182. The van der Waals surface area contributed by atoms with Gasteiger partial charge in [-0.25, -0.2) is 9.59 Å². The van der Waals surface area contributed by atoms with Gasteiger partial charge in [0.2, 0.25) is 0 Å². The Morgan fingerprint density at radius 3 is 3.09 bits per heavy atom. The number of halogens is 1. The Morgan fingerprint density at radius 2 is 2.30 bits per heavy atom. The molecule has 1 saturated heterocycles. The molecule has 3 aliphatic rings. The summed E-state index contributed by atoms with van der Waals surface area (Å²) in [5.74, 6) is -1.58. The van der Waals surface area contributed by atoms with Crippen LogP contribution in [0.1, 0.15) is 24.3 Å². The van der Waals surface area contributed by atoms with Crippen molar-refractivity contribution >= 4 is 29.1 Å². The van der Waals surface area contributed by atoms with E-state index in [-0.39, 0.29) is 12.6 Å². The van der Waals surface area contributed by atoms with E-state index in [1.54, 1.807) is 6.07 Å². The van der Waals surface area contributed by atoms with Crippen molar-refractivity contribution in [3.05, 3.63) is 22.6 Å². The van der Waals surface area contributed by atoms with Crippen molar-refractivity contribution in [2.24, 2.45) is 0 Å². The normalized spacial score (nSPS) is 32.6. The van der Waals surface area contributed by atoms with E-state index in [0.29, 0.717) is 34.9 Å². The molecule has 8 nitrogen and oxygen atoms in total. The first-order valence-electron chi connectivity index (χ1n) is 7.11. The quantitative estimate of drug-likeness (QED) is 0.634. The molecule has 1 aromatic heterocycles. The molecule has 1 N–H and O–H groups in total. The number of carbonyl (C=O) groups is 2. The van der Waals surface area contributed by atoms with E-state index >= 15 is 0 Å². The third-order valence-electron chi connectivity index (χ3n) is 4.25. The van der Waals surface area contributed by atoms with E-state index in [2.05, 4.69) is 10.5 Å². The van der Waals surface area contributed by atoms with Crippen molar-refractivity contribution in [1.82, 2.24) is 10.5 Å². The molecule has 0 saturated carbocycles. The second kappa shape index (κ2) is 5.05. The molecule has 1 spiro atoms. The van der Waals surface area contributed by atoms with Gasteiger partial charge in [0.25, 0.3) is 0 Å². The first kappa shape index (κ1) is 14.7. The van der Waals surface area contributed by atoms with Crippen molar-refractivity contribution in [3.63, 3.8) is 0 Å². The lowest BCUT2D eigenvalue weighted by atomic mass is 9.94. The first-order chi connectivity index (χ1) is 11.0. The number of hydrogen-bond donors (Lipinski definition) is 1. The molecule has 3 aliphatic heterocycles. The van der Waals surface area contributed by atoms with Crippen LogP contribution in [0.25, 0.3) is 5.57 Å². The molecule has 23 heavy (non-hydrogen) atoms. The van der Waals surface area contributed by atoms with Gasteiger partial charge in [-0.15, -0.1) is 0 Å². The Kier molecular flexibility index (Phi) is 3.22. The number of hydrogen-bond acceptors (Lipinski definition) is 8. The molecule has 122 valence electrons. The average Bonchev–Trinajstić information content (AvgIpc) is 3.10. The lowest BCUT2D eigenvalue weighted by Crippen LogP contribution is -2.59. The number of methoxy groups -OCH3 is 1. The highest BCUT2D eigenvalue weighted by Crippen LogP contribution is 2.48. The first-order valence-corrected chi connectivity index (χ1v) is 7.48. The van der Waals surface area contributed by atoms with Crippen molar-refractivity contribution in [3.8, 4) is 0 Å². The SMILES string of the molecule is COCc1cc(C2=C(Cl)C3OC(=O)C(=O)OC24CCC3N4)no1. The van der Waals surface area contributed by atoms with Gasteiger partial charge in [-0.2, -0.15) is 0 Å². The third kappa shape index (κ3) is 2.09. The number of nitrogens with zero attached hydrogens (tertiary/aromatic N) is 1. The Balaban J connectivity index is 1.84. The van der Waals surface area contributed by atoms with Crippen molar-refractivity contribution < 1.29 is 28.3 Å². The minimum absolute atomic E-state index is 0.200. The van der Waals surface area contributed by atoms with Crippen LogP contribution in [0.4, 0.5) is 0 Å². The molecule has 4 rings (SSSR count). The zero-order valence-corrected chi connectivity index (χ0v) is 12.9. The van der Waals surface area contributed by atoms with Crippen LogP contribution in [0.3, 0.4) is 0 Å². The topological polar surface area (TPSA) is 99.9 Å². The molecule has 0 amide bonds. The minimum Gasteiger partial charge on any atom is -0.446 e. The number of ether oxygens (including phenoxy) is 3. The maximum Gasteiger partial charge on any atom is 0.419 e. The molecule has 0 aromatic carbocycles. The summed E-state index contributed by atoms with van der Waals surface area (Å²) in [5.41, 5.74) is -0.300. The Morgan fingerprint density at radius 1 is 1.48 bits per heavy atom. The van der Waals surface area contributed by atoms with Crippen LogP contribution in [0.5, 0.6) is 0 Å². The average molecular weight is 341 g/mol. The molecule has 3 bridgehead atoms. The smallest absolute Gasteiger partial charge is 0.419 e. The van der Waals surface area contributed by atoms with E-state index in [0.717, 1.165) is 0 Å². The van der Waals surface area contributed by atoms with E-state index in [1.165, 1.54) is 7.11 Å². The summed E-state index contributed by atoms with van der Waals surface area (Å²) in [6, 6.07) is 1.46. The number of nitrogens with one attached hydrogen (secondary N) is 1. The van der Waals surface area contributed by atoms with Gasteiger partial charge in [0.1, 0.15) is 12.3 Å². The Hall–Kier alpha value is -1.90. The maximum atomic E-state index is 11.9. The summed E-state index contributed by atoms with van der Waals surface area (Å²) < 4.78 is 20.8. The molecular weight excluding hydrogens is 328 g/mol. The lowest BCUT2D eigenvalue weighted by Gasteiger charge is -2.40. The third-order valence-corrected chi connectivity index (χ3v) is 4.66. The number of carbonyl (C=O) groups excluding carboxylic acids is 2. The second-order valence-corrected chi connectivity index (χ2v) is 6.07. The van der Waals surface area contributed by atoms with E-state index in [4.69, 9.17) is 30.3 Å². The summed E-state index contributed by atoms with van der Waals surface area (Å²) >= 11 is 6.47. The molecular formula is C14H13ClN2O6. The Labute approximate surface area is 135 Å². The monoisotopic (exact) mass is 340 g/mol. The highest BCUT2D eigenvalue weighted by Gasteiger charge is 2.58. The fraction of sp³-hybridized carbons (Fsp3) is 0.500. The fourth-order valence-corrected chi connectivity index (χ4v) is 3.78. The highest BCUT2D eigenvalue weighted by molar-refractivity contribution is 6.35. The molecule has 1 fully saturated rings. The molecule has 3 atom stereocenters. The fourth-order valence-electron chi connectivity index (χ4n) is 3.34. The Bertz CT molecular complexity index is 729. The van der Waals surface area contributed by atoms with Gasteiger partial charge in [-0.1, -0.05) is 16.8 Å². The molecule has 3 unspecified atom stereocenters. The second-order valence-electron chi connectivity index (χ2n) is 5.67. The largest absolute Gasteiger partial charge is 0.446 e. The predicted octanol–water partition coefficient (Wildman–Crippen LogP) is 0.701. The summed E-state index contributed by atoms with van der Waals surface area (Å²) in [7, 11) is 1.54. The number of fused-ring (bicyclic) bond motifs is 3. The minimum atomic E-state index is -1.18. The van der Waals surface area contributed by atoms with Crippen LogP contribution in [-0.2, 0) is 30.4 Å². The molecule has 0 radical (unpaired) electrons. The van der Waals surface area contributed by atoms with Gasteiger partial charge in [-0.3, -0.25) is 5.32 Å². The van der Waals surface area contributed by atoms with E-state index in [1.807, 2.05) is 0 Å². The van der Waals surface area contributed by atoms with E-state index < -0.39 is 23.8 Å². The summed E-state index contributed by atoms with van der Waals surface area (Å²) in [6.45, 7) is 0.249. The molecule has 4 heterocycles. The highest BCUT2D eigenvalue weighted by atomic mass is 35.5. The van der Waals surface area contributed by atoms with Gasteiger partial charge in [0.05, 0.1) is 16.6 Å². The molecule has 0 aliphatic carbocycles. The van der Waals surface area contributed by atoms with Crippen LogP contribution >= 0.6 is 11.6 Å². The van der Waals surface area contributed by atoms with Crippen LogP contribution in [0.15, 0.2) is 15.6 Å². The van der Waals surface area contributed by atoms with Crippen LogP contribution < -0.4 is 5.32 Å². The van der Waals surface area contributed by atoms with Gasteiger partial charge >= 0.3 is 11.9 Å². The predicted molar refractivity (Wildman–Crippen MR) is 74.8 cm³/mol. The zero-order valence-electron chi connectivity index (χ0n) is 12.1. The number of aromatic nitrogens is 1. The number of rotatable bonds is 3. The molecule has 9 heteroatoms. The van der Waals surface area contributed by atoms with Crippen LogP contribution in [-0.4, -0.2) is 42.1 Å². The van der Waals surface area contributed by atoms with Crippen molar-refractivity contribution in [2.75, 3.05) is 7.11 Å². The van der Waals surface area contributed by atoms with Crippen LogP contribution in [0.2, 0.25) is 0 Å². The summed E-state index contributed by atoms with van der Waals surface area (Å²) in [4.78, 5) is 23.6. The molecule has 1 aromatic rings.